The van der Waals surface area contributed by atoms with E-state index < -0.39 is 0 Å². The third-order valence-corrected chi connectivity index (χ3v) is 8.54. The smallest absolute Gasteiger partial charge is 0.302 e. The third-order valence-electron chi connectivity index (χ3n) is 8.54. The van der Waals surface area contributed by atoms with Crippen LogP contribution >= 0.6 is 0 Å². The fourth-order valence-corrected chi connectivity index (χ4v) is 7.48. The fourth-order valence-electron chi connectivity index (χ4n) is 7.48. The van der Waals surface area contributed by atoms with Gasteiger partial charge < -0.3 is 4.74 Å². The van der Waals surface area contributed by atoms with Crippen LogP contribution < -0.4 is 0 Å². The molecule has 0 radical (unpaired) electrons. The lowest BCUT2D eigenvalue weighted by atomic mass is 9.46. The maximum atomic E-state index is 13.3. The monoisotopic (exact) mass is 360 g/mol. The molecule has 0 aliphatic heterocycles. The summed E-state index contributed by atoms with van der Waals surface area (Å²) in [7, 11) is 0. The Hall–Kier alpha value is -1.19. The highest BCUT2D eigenvalue weighted by Crippen LogP contribution is 2.63. The summed E-state index contributed by atoms with van der Waals surface area (Å²) in [6, 6.07) is 0. The molecule has 0 spiro atoms. The van der Waals surface area contributed by atoms with Gasteiger partial charge in [0.05, 0.1) is 0 Å². The molecule has 4 aliphatic rings. The molecule has 0 saturated heterocycles. The van der Waals surface area contributed by atoms with E-state index in [4.69, 9.17) is 4.74 Å². The normalized spacial score (nSPS) is 47.5. The van der Waals surface area contributed by atoms with Gasteiger partial charge in [0, 0.05) is 25.2 Å². The summed E-state index contributed by atoms with van der Waals surface area (Å²) in [5.41, 5.74) is 0.0515. The molecule has 4 rings (SSSR count). The first-order valence-electron chi connectivity index (χ1n) is 10.5. The van der Waals surface area contributed by atoms with Crippen LogP contribution in [0.4, 0.5) is 0 Å². The summed E-state index contributed by atoms with van der Waals surface area (Å²) in [5, 5.41) is 0. The summed E-state index contributed by atoms with van der Waals surface area (Å²) in [4.78, 5) is 36.6. The Morgan fingerprint density at radius 1 is 1.00 bits per heavy atom. The van der Waals surface area contributed by atoms with Gasteiger partial charge in [-0.1, -0.05) is 6.92 Å². The molecule has 4 fully saturated rings. The van der Waals surface area contributed by atoms with Crippen molar-refractivity contribution in [1.29, 1.82) is 0 Å². The van der Waals surface area contributed by atoms with E-state index in [-0.39, 0.29) is 35.1 Å². The van der Waals surface area contributed by atoms with E-state index >= 15 is 0 Å². The molecule has 4 saturated carbocycles. The number of hydrogen-bond donors (Lipinski definition) is 0. The van der Waals surface area contributed by atoms with E-state index in [2.05, 4.69) is 6.92 Å². The van der Waals surface area contributed by atoms with Gasteiger partial charge in [0.15, 0.2) is 0 Å². The van der Waals surface area contributed by atoms with E-state index in [1.54, 1.807) is 6.92 Å². The molecule has 144 valence electrons. The van der Waals surface area contributed by atoms with Gasteiger partial charge in [-0.05, 0) is 81.0 Å². The summed E-state index contributed by atoms with van der Waals surface area (Å²) < 4.78 is 5.50. The summed E-state index contributed by atoms with van der Waals surface area (Å²) in [5.74, 6) is 2.61. The Balaban J connectivity index is 1.56. The number of hydrogen-bond acceptors (Lipinski definition) is 4. The highest BCUT2D eigenvalue weighted by atomic mass is 16.5. The van der Waals surface area contributed by atoms with Crippen LogP contribution in [0.15, 0.2) is 0 Å². The number of carbonyl (C=O) groups is 3. The quantitative estimate of drug-likeness (QED) is 0.700. The summed E-state index contributed by atoms with van der Waals surface area (Å²) in [6.45, 7) is 5.52. The van der Waals surface area contributed by atoms with Gasteiger partial charge >= 0.3 is 5.97 Å². The predicted octanol–water partition coefficient (Wildman–Crippen LogP) is 3.95. The number of rotatable bonds is 2. The van der Waals surface area contributed by atoms with Crippen molar-refractivity contribution in [3.8, 4) is 0 Å². The van der Waals surface area contributed by atoms with Crippen molar-refractivity contribution in [1.82, 2.24) is 0 Å². The maximum Gasteiger partial charge on any atom is 0.302 e. The molecule has 4 heteroatoms. The van der Waals surface area contributed by atoms with E-state index in [1.165, 1.54) is 6.92 Å². The zero-order valence-corrected chi connectivity index (χ0v) is 16.3. The number of carbonyl (C=O) groups excluding carboxylic acids is 3. The van der Waals surface area contributed by atoms with Crippen LogP contribution in [0.25, 0.3) is 0 Å². The van der Waals surface area contributed by atoms with Crippen molar-refractivity contribution in [3.05, 3.63) is 0 Å². The second-order valence-corrected chi connectivity index (χ2v) is 9.72. The second-order valence-electron chi connectivity index (χ2n) is 9.72. The second kappa shape index (κ2) is 6.45. The summed E-state index contributed by atoms with van der Waals surface area (Å²) >= 11 is 0. The van der Waals surface area contributed by atoms with Crippen molar-refractivity contribution in [2.24, 2.45) is 40.9 Å². The minimum absolute atomic E-state index is 0.0298. The van der Waals surface area contributed by atoms with Crippen LogP contribution in [0.5, 0.6) is 0 Å². The number of Topliss-reactive ketones (excluding diaryl/α,β-unsaturated/α-hetero) is 2. The first kappa shape index (κ1) is 18.2. The SMILES string of the molecule is CC(=O)O[C@H]1CC[C@@]2(C)[C@@H](CC[C@H]3[C@H]4CC[C@H](C(C)=O)[C@H]4CC(=O)[C@H]32)C1. The highest BCUT2D eigenvalue weighted by molar-refractivity contribution is 5.86. The van der Waals surface area contributed by atoms with E-state index in [0.29, 0.717) is 35.9 Å². The zero-order valence-electron chi connectivity index (χ0n) is 16.3. The highest BCUT2D eigenvalue weighted by Gasteiger charge is 2.60. The van der Waals surface area contributed by atoms with Crippen molar-refractivity contribution in [2.45, 2.75) is 78.2 Å². The van der Waals surface area contributed by atoms with E-state index in [1.807, 2.05) is 0 Å². The minimum Gasteiger partial charge on any atom is -0.463 e. The molecule has 0 aromatic carbocycles. The molecule has 4 nitrogen and oxygen atoms in total. The van der Waals surface area contributed by atoms with Gasteiger partial charge in [0.2, 0.25) is 0 Å². The van der Waals surface area contributed by atoms with Gasteiger partial charge in [-0.15, -0.1) is 0 Å². The van der Waals surface area contributed by atoms with Crippen LogP contribution in [0.1, 0.15) is 72.1 Å². The van der Waals surface area contributed by atoms with Crippen molar-refractivity contribution in [2.75, 3.05) is 0 Å². The molecular weight excluding hydrogens is 328 g/mol. The van der Waals surface area contributed by atoms with Crippen LogP contribution in [0, 0.1) is 40.9 Å². The Kier molecular flexibility index (Phi) is 4.51. The number of ketones is 2. The molecule has 0 aromatic heterocycles. The molecule has 0 aromatic rings. The van der Waals surface area contributed by atoms with Gasteiger partial charge in [0.1, 0.15) is 17.7 Å². The Morgan fingerprint density at radius 3 is 2.42 bits per heavy atom. The average Bonchev–Trinajstić information content (AvgIpc) is 2.98. The molecular formula is C22H32O4. The average molecular weight is 360 g/mol. The van der Waals surface area contributed by atoms with Crippen LogP contribution in [0.2, 0.25) is 0 Å². The Labute approximate surface area is 156 Å². The van der Waals surface area contributed by atoms with E-state index in [0.717, 1.165) is 44.9 Å². The molecule has 0 bridgehead atoms. The largest absolute Gasteiger partial charge is 0.463 e. The first-order valence-corrected chi connectivity index (χ1v) is 10.5. The zero-order chi connectivity index (χ0) is 18.6. The Bertz CT molecular complexity index is 626. The van der Waals surface area contributed by atoms with Crippen molar-refractivity contribution >= 4 is 17.5 Å². The van der Waals surface area contributed by atoms with Crippen LogP contribution in [0.3, 0.4) is 0 Å². The van der Waals surface area contributed by atoms with Gasteiger partial charge in [-0.2, -0.15) is 0 Å². The van der Waals surface area contributed by atoms with Crippen molar-refractivity contribution < 1.29 is 19.1 Å². The van der Waals surface area contributed by atoms with Crippen LogP contribution in [-0.2, 0) is 19.1 Å². The predicted molar refractivity (Wildman–Crippen MR) is 97.2 cm³/mol. The fraction of sp³-hybridized carbons (Fsp3) is 0.864. The van der Waals surface area contributed by atoms with E-state index in [9.17, 15) is 14.4 Å². The van der Waals surface area contributed by atoms with Gasteiger partial charge in [-0.3, -0.25) is 14.4 Å². The number of esters is 1. The lowest BCUT2D eigenvalue weighted by molar-refractivity contribution is -0.164. The molecule has 8 atom stereocenters. The Morgan fingerprint density at radius 2 is 1.73 bits per heavy atom. The molecule has 26 heavy (non-hydrogen) atoms. The topological polar surface area (TPSA) is 60.4 Å². The van der Waals surface area contributed by atoms with Crippen LogP contribution in [-0.4, -0.2) is 23.6 Å². The maximum absolute atomic E-state index is 13.3. The number of fused-ring (bicyclic) bond motifs is 5. The molecule has 0 heterocycles. The summed E-state index contributed by atoms with van der Waals surface area (Å²) in [6.07, 6.45) is 7.77. The first-order chi connectivity index (χ1) is 12.3. The number of ether oxygens (including phenoxy) is 1. The third kappa shape index (κ3) is 2.75. The lowest BCUT2D eigenvalue weighted by Gasteiger charge is -2.58. The van der Waals surface area contributed by atoms with Gasteiger partial charge in [-0.25, -0.2) is 0 Å². The molecule has 0 amide bonds. The standard InChI is InChI=1S/C22H32O4/c1-12(23)16-6-7-17-18-5-4-14-10-15(26-13(2)24)8-9-22(14,3)21(18)20(25)11-19(16)17/h14-19,21H,4-11H2,1-3H3/t14-,15-,16+,17+,18-,19+,21-,22-/m0/s1. The minimum atomic E-state index is -0.190. The molecule has 0 N–H and O–H groups in total. The molecule has 4 aliphatic carbocycles. The lowest BCUT2D eigenvalue weighted by Crippen LogP contribution is -2.55. The molecule has 0 unspecified atom stereocenters. The van der Waals surface area contributed by atoms with Crippen molar-refractivity contribution in [3.63, 3.8) is 0 Å². The van der Waals surface area contributed by atoms with Gasteiger partial charge in [0.25, 0.3) is 0 Å².